The van der Waals surface area contributed by atoms with E-state index in [9.17, 15) is 9.59 Å². The number of carbonyl (C=O) groups excluding carboxylic acids is 2. The van der Waals surface area contributed by atoms with E-state index in [-0.39, 0.29) is 24.2 Å². The van der Waals surface area contributed by atoms with Crippen molar-refractivity contribution in [1.29, 1.82) is 0 Å². The molecule has 2 N–H and O–H groups in total. The lowest BCUT2D eigenvalue weighted by Gasteiger charge is -2.34. The molecule has 6 nitrogen and oxygen atoms in total. The summed E-state index contributed by atoms with van der Waals surface area (Å²) in [5.41, 5.74) is 0.207. The summed E-state index contributed by atoms with van der Waals surface area (Å²) in [6.07, 6.45) is 5.01. The van der Waals surface area contributed by atoms with Crippen LogP contribution in [0.25, 0.3) is 0 Å². The molecule has 1 saturated carbocycles. The van der Waals surface area contributed by atoms with E-state index in [1.807, 2.05) is 0 Å². The molecule has 0 radical (unpaired) electrons. The van der Waals surface area contributed by atoms with E-state index in [1.165, 1.54) is 17.8 Å². The number of aromatic nitrogens is 1. The molecular weight excluding hydrogens is 326 g/mol. The molecule has 0 bridgehead atoms. The third-order valence-electron chi connectivity index (χ3n) is 4.50. The van der Waals surface area contributed by atoms with Gasteiger partial charge >= 0.3 is 5.97 Å². The van der Waals surface area contributed by atoms with Gasteiger partial charge in [-0.1, -0.05) is 32.8 Å². The third-order valence-corrected chi connectivity index (χ3v) is 5.30. The molecule has 1 amide bonds. The smallest absolute Gasteiger partial charge is 0.358 e. The Balaban J connectivity index is 1.77. The van der Waals surface area contributed by atoms with E-state index >= 15 is 0 Å². The van der Waals surface area contributed by atoms with Gasteiger partial charge in [0.2, 0.25) is 0 Å². The number of esters is 1. The van der Waals surface area contributed by atoms with Gasteiger partial charge < -0.3 is 15.4 Å². The van der Waals surface area contributed by atoms with Crippen LogP contribution in [0, 0.1) is 11.8 Å². The van der Waals surface area contributed by atoms with Crippen LogP contribution in [-0.4, -0.2) is 36.1 Å². The Kier molecular flexibility index (Phi) is 6.78. The van der Waals surface area contributed by atoms with E-state index in [4.69, 9.17) is 4.74 Å². The minimum atomic E-state index is -0.585. The molecule has 1 aliphatic carbocycles. The van der Waals surface area contributed by atoms with Crippen molar-refractivity contribution in [3.8, 4) is 0 Å². The van der Waals surface area contributed by atoms with Gasteiger partial charge in [-0.05, 0) is 18.3 Å². The van der Waals surface area contributed by atoms with Crippen molar-refractivity contribution < 1.29 is 14.3 Å². The van der Waals surface area contributed by atoms with Crippen molar-refractivity contribution in [3.63, 3.8) is 0 Å². The third kappa shape index (κ3) is 5.06. The zero-order chi connectivity index (χ0) is 17.5. The van der Waals surface area contributed by atoms with Crippen LogP contribution in [0.3, 0.4) is 0 Å². The highest BCUT2D eigenvalue weighted by atomic mass is 32.1. The Morgan fingerprint density at radius 2 is 2.25 bits per heavy atom. The topological polar surface area (TPSA) is 80.3 Å². The zero-order valence-electron chi connectivity index (χ0n) is 14.2. The highest BCUT2D eigenvalue weighted by Gasteiger charge is 2.28. The molecule has 1 fully saturated rings. The summed E-state index contributed by atoms with van der Waals surface area (Å²) in [4.78, 5) is 28.1. The fourth-order valence-corrected chi connectivity index (χ4v) is 3.54. The minimum absolute atomic E-state index is 0.161. The first-order valence-corrected chi connectivity index (χ1v) is 9.16. The summed E-state index contributed by atoms with van der Waals surface area (Å²) in [5.74, 6) is 0.200. The molecule has 7 heteroatoms. The molecule has 0 saturated heterocycles. The highest BCUT2D eigenvalue weighted by molar-refractivity contribution is 7.13. The van der Waals surface area contributed by atoms with Crippen LogP contribution < -0.4 is 10.6 Å². The standard InChI is InChI=1S/C17H25N3O3S/c1-4-8-18-17-20-14(10-24-17)16(22)23-9-15(21)19-13-7-5-6-11(2)12(13)3/h4,10-13H,1,5-9H2,2-3H3,(H,18,20)(H,19,21). The number of anilines is 1. The van der Waals surface area contributed by atoms with Crippen LogP contribution >= 0.6 is 11.3 Å². The Labute approximate surface area is 146 Å². The Hall–Kier alpha value is -1.89. The number of nitrogens with zero attached hydrogens (tertiary/aromatic N) is 1. The number of nitrogens with one attached hydrogen (secondary N) is 2. The van der Waals surface area contributed by atoms with Gasteiger partial charge in [0.25, 0.3) is 5.91 Å². The lowest BCUT2D eigenvalue weighted by atomic mass is 9.78. The molecule has 132 valence electrons. The Bertz CT molecular complexity index is 587. The second-order valence-electron chi connectivity index (χ2n) is 6.22. The molecule has 1 heterocycles. The SMILES string of the molecule is C=CCNc1nc(C(=O)OCC(=O)NC2CCCC(C)C2C)cs1. The molecule has 0 aromatic carbocycles. The van der Waals surface area contributed by atoms with Crippen LogP contribution in [0.15, 0.2) is 18.0 Å². The summed E-state index contributed by atoms with van der Waals surface area (Å²) in [6, 6.07) is 0.161. The zero-order valence-corrected chi connectivity index (χ0v) is 15.0. The summed E-state index contributed by atoms with van der Waals surface area (Å²) in [5, 5.41) is 8.21. The predicted molar refractivity (Wildman–Crippen MR) is 95.2 cm³/mol. The van der Waals surface area contributed by atoms with Crippen molar-refractivity contribution in [2.75, 3.05) is 18.5 Å². The molecule has 1 aromatic rings. The number of hydrogen-bond acceptors (Lipinski definition) is 6. The number of thiazole rings is 1. The fraction of sp³-hybridized carbons (Fsp3) is 0.588. The molecule has 3 unspecified atom stereocenters. The van der Waals surface area contributed by atoms with E-state index in [0.29, 0.717) is 23.5 Å². The highest BCUT2D eigenvalue weighted by Crippen LogP contribution is 2.29. The van der Waals surface area contributed by atoms with Crippen LogP contribution in [0.1, 0.15) is 43.6 Å². The van der Waals surface area contributed by atoms with Gasteiger partial charge in [0, 0.05) is 18.0 Å². The van der Waals surface area contributed by atoms with Crippen LogP contribution in [0.5, 0.6) is 0 Å². The minimum Gasteiger partial charge on any atom is -0.451 e. The van der Waals surface area contributed by atoms with E-state index < -0.39 is 5.97 Å². The molecule has 0 spiro atoms. The van der Waals surface area contributed by atoms with Gasteiger partial charge in [0.15, 0.2) is 17.4 Å². The molecular formula is C17H25N3O3S. The molecule has 3 atom stereocenters. The maximum absolute atomic E-state index is 12.0. The Morgan fingerprint density at radius 3 is 3.00 bits per heavy atom. The summed E-state index contributed by atoms with van der Waals surface area (Å²) >= 11 is 1.31. The van der Waals surface area contributed by atoms with Gasteiger partial charge in [-0.2, -0.15) is 0 Å². The van der Waals surface area contributed by atoms with Gasteiger partial charge in [-0.15, -0.1) is 17.9 Å². The van der Waals surface area contributed by atoms with Gasteiger partial charge in [-0.25, -0.2) is 9.78 Å². The monoisotopic (exact) mass is 351 g/mol. The van der Waals surface area contributed by atoms with Crippen molar-refractivity contribution in [3.05, 3.63) is 23.7 Å². The lowest BCUT2D eigenvalue weighted by Crippen LogP contribution is -2.45. The number of carbonyl (C=O) groups is 2. The van der Waals surface area contributed by atoms with Crippen LogP contribution in [-0.2, 0) is 9.53 Å². The molecule has 2 rings (SSSR count). The van der Waals surface area contributed by atoms with Crippen molar-refractivity contribution in [1.82, 2.24) is 10.3 Å². The van der Waals surface area contributed by atoms with Gasteiger partial charge in [0.05, 0.1) is 0 Å². The normalized spacial score (nSPS) is 23.3. The van der Waals surface area contributed by atoms with Crippen molar-refractivity contribution in [2.24, 2.45) is 11.8 Å². The van der Waals surface area contributed by atoms with Gasteiger partial charge in [-0.3, -0.25) is 4.79 Å². The maximum atomic E-state index is 12.0. The van der Waals surface area contributed by atoms with Gasteiger partial charge in [0.1, 0.15) is 0 Å². The maximum Gasteiger partial charge on any atom is 0.358 e. The van der Waals surface area contributed by atoms with E-state index in [0.717, 1.165) is 12.8 Å². The molecule has 24 heavy (non-hydrogen) atoms. The quantitative estimate of drug-likeness (QED) is 0.583. The second kappa shape index (κ2) is 8.82. The first-order valence-electron chi connectivity index (χ1n) is 8.28. The number of ether oxygens (including phenoxy) is 1. The first-order chi connectivity index (χ1) is 11.5. The number of rotatable bonds is 7. The average Bonchev–Trinajstić information content (AvgIpc) is 3.04. The number of amides is 1. The first kappa shape index (κ1) is 18.4. The second-order valence-corrected chi connectivity index (χ2v) is 7.08. The van der Waals surface area contributed by atoms with E-state index in [2.05, 4.69) is 36.0 Å². The number of hydrogen-bond donors (Lipinski definition) is 2. The average molecular weight is 351 g/mol. The summed E-state index contributed by atoms with van der Waals surface area (Å²) in [7, 11) is 0. The molecule has 1 aliphatic rings. The van der Waals surface area contributed by atoms with Crippen LogP contribution in [0.4, 0.5) is 5.13 Å². The largest absolute Gasteiger partial charge is 0.451 e. The summed E-state index contributed by atoms with van der Waals surface area (Å²) in [6.45, 7) is 8.27. The Morgan fingerprint density at radius 1 is 1.46 bits per heavy atom. The molecule has 0 aliphatic heterocycles. The van der Waals surface area contributed by atoms with Crippen LogP contribution in [0.2, 0.25) is 0 Å². The lowest BCUT2D eigenvalue weighted by molar-refractivity contribution is -0.125. The molecule has 1 aromatic heterocycles. The van der Waals surface area contributed by atoms with Crippen molar-refractivity contribution in [2.45, 2.75) is 39.2 Å². The van der Waals surface area contributed by atoms with Crippen molar-refractivity contribution >= 4 is 28.3 Å². The van der Waals surface area contributed by atoms with E-state index in [1.54, 1.807) is 11.5 Å². The summed E-state index contributed by atoms with van der Waals surface area (Å²) < 4.78 is 5.06. The predicted octanol–water partition coefficient (Wildman–Crippen LogP) is 2.84. The fourth-order valence-electron chi connectivity index (χ4n) is 2.85.